The molecule has 0 unspecified atom stereocenters. The standard InChI is InChI=1S/C23H25FN4O4S/c1-27-16-25-26-23(27)33(30,31)21-11-13-28(14-12-21)22(29)10-5-17-3-2-4-20(15-17)32-19-8-6-18(24)7-9-19/h2-4,6-9,15-16,21H,5,10-14H2,1H3. The van der Waals surface area contributed by atoms with Crippen molar-refractivity contribution in [1.29, 1.82) is 0 Å². The highest BCUT2D eigenvalue weighted by Crippen LogP contribution is 2.25. The maximum atomic E-state index is 13.1. The van der Waals surface area contributed by atoms with Crippen LogP contribution in [0.2, 0.25) is 0 Å². The fourth-order valence-electron chi connectivity index (χ4n) is 3.91. The molecule has 0 radical (unpaired) electrons. The Kier molecular flexibility index (Phi) is 6.73. The number of piperidine rings is 1. The van der Waals surface area contributed by atoms with Crippen LogP contribution in [-0.2, 0) is 28.1 Å². The van der Waals surface area contributed by atoms with E-state index in [0.717, 1.165) is 5.56 Å². The van der Waals surface area contributed by atoms with E-state index in [2.05, 4.69) is 10.2 Å². The lowest BCUT2D eigenvalue weighted by molar-refractivity contribution is -0.132. The first-order chi connectivity index (χ1) is 15.8. The van der Waals surface area contributed by atoms with Crippen molar-refractivity contribution in [2.24, 2.45) is 7.05 Å². The van der Waals surface area contributed by atoms with Gasteiger partial charge in [0.05, 0.1) is 5.25 Å². The van der Waals surface area contributed by atoms with Gasteiger partial charge >= 0.3 is 0 Å². The molecule has 10 heteroatoms. The third-order valence-corrected chi connectivity index (χ3v) is 7.96. The van der Waals surface area contributed by atoms with Crippen molar-refractivity contribution in [1.82, 2.24) is 19.7 Å². The van der Waals surface area contributed by atoms with E-state index in [1.54, 1.807) is 30.1 Å². The first-order valence-electron chi connectivity index (χ1n) is 10.7. The molecule has 174 valence electrons. The number of amides is 1. The number of hydrogen-bond donors (Lipinski definition) is 0. The van der Waals surface area contributed by atoms with Gasteiger partial charge in [-0.1, -0.05) is 12.1 Å². The van der Waals surface area contributed by atoms with Crippen molar-refractivity contribution in [3.05, 3.63) is 66.2 Å². The third-order valence-electron chi connectivity index (χ3n) is 5.73. The minimum absolute atomic E-state index is 0.00522. The highest BCUT2D eigenvalue weighted by Gasteiger charge is 2.35. The summed E-state index contributed by atoms with van der Waals surface area (Å²) < 4.78 is 45.8. The molecule has 0 aliphatic carbocycles. The Labute approximate surface area is 191 Å². The van der Waals surface area contributed by atoms with Crippen molar-refractivity contribution in [2.75, 3.05) is 13.1 Å². The van der Waals surface area contributed by atoms with E-state index >= 15 is 0 Å². The Bertz CT molecular complexity index is 1220. The molecule has 1 aliphatic rings. The number of carbonyl (C=O) groups excluding carboxylic acids is 1. The van der Waals surface area contributed by atoms with Crippen LogP contribution >= 0.6 is 0 Å². The average Bonchev–Trinajstić information content (AvgIpc) is 3.26. The molecule has 0 saturated carbocycles. The summed E-state index contributed by atoms with van der Waals surface area (Å²) in [6.07, 6.45) is 2.98. The lowest BCUT2D eigenvalue weighted by atomic mass is 10.1. The normalized spacial score (nSPS) is 14.9. The number of aryl methyl sites for hydroxylation is 2. The van der Waals surface area contributed by atoms with Gasteiger partial charge in [-0.05, 0) is 61.2 Å². The average molecular weight is 473 g/mol. The molecule has 1 aliphatic heterocycles. The van der Waals surface area contributed by atoms with Crippen LogP contribution < -0.4 is 4.74 Å². The van der Waals surface area contributed by atoms with E-state index in [-0.39, 0.29) is 16.9 Å². The molecule has 1 saturated heterocycles. The molecule has 2 heterocycles. The number of likely N-dealkylation sites (tertiary alicyclic amines) is 1. The van der Waals surface area contributed by atoms with Crippen molar-refractivity contribution in [3.63, 3.8) is 0 Å². The lowest BCUT2D eigenvalue weighted by Crippen LogP contribution is -2.43. The number of hydrogen-bond acceptors (Lipinski definition) is 6. The molecule has 0 spiro atoms. The van der Waals surface area contributed by atoms with Gasteiger partial charge in [-0.3, -0.25) is 4.79 Å². The van der Waals surface area contributed by atoms with Gasteiger partial charge in [0.25, 0.3) is 0 Å². The highest BCUT2D eigenvalue weighted by molar-refractivity contribution is 7.91. The SMILES string of the molecule is Cn1cnnc1S(=O)(=O)C1CCN(C(=O)CCc2cccc(Oc3ccc(F)cc3)c2)CC1. The predicted molar refractivity (Wildman–Crippen MR) is 119 cm³/mol. The summed E-state index contributed by atoms with van der Waals surface area (Å²) in [6, 6.07) is 13.2. The third kappa shape index (κ3) is 5.39. The minimum atomic E-state index is -3.57. The van der Waals surface area contributed by atoms with Crippen LogP contribution in [0, 0.1) is 5.82 Å². The van der Waals surface area contributed by atoms with Crippen LogP contribution in [0.3, 0.4) is 0 Å². The van der Waals surface area contributed by atoms with E-state index in [1.807, 2.05) is 18.2 Å². The second-order valence-electron chi connectivity index (χ2n) is 8.05. The van der Waals surface area contributed by atoms with E-state index in [4.69, 9.17) is 4.74 Å². The van der Waals surface area contributed by atoms with Crippen LogP contribution in [-0.4, -0.2) is 52.3 Å². The quantitative estimate of drug-likeness (QED) is 0.524. The Hall–Kier alpha value is -3.27. The molecule has 1 aromatic heterocycles. The number of ether oxygens (including phenoxy) is 1. The van der Waals surface area contributed by atoms with Crippen LogP contribution in [0.25, 0.3) is 0 Å². The van der Waals surface area contributed by atoms with Gasteiger partial charge in [-0.25, -0.2) is 12.8 Å². The second-order valence-corrected chi connectivity index (χ2v) is 10.2. The Balaban J connectivity index is 1.29. The molecule has 0 atom stereocenters. The van der Waals surface area contributed by atoms with Crippen molar-refractivity contribution in [2.45, 2.75) is 36.1 Å². The molecular formula is C23H25FN4O4S. The molecule has 3 aromatic rings. The van der Waals surface area contributed by atoms with E-state index < -0.39 is 15.1 Å². The predicted octanol–water partition coefficient (Wildman–Crippen LogP) is 3.14. The fraction of sp³-hybridized carbons (Fsp3) is 0.348. The van der Waals surface area contributed by atoms with Gasteiger partial charge < -0.3 is 14.2 Å². The highest BCUT2D eigenvalue weighted by atomic mass is 32.2. The summed E-state index contributed by atoms with van der Waals surface area (Å²) in [5, 5.41) is 6.79. The number of aromatic nitrogens is 3. The monoisotopic (exact) mass is 472 g/mol. The van der Waals surface area contributed by atoms with Gasteiger partial charge in [0.1, 0.15) is 23.6 Å². The van der Waals surface area contributed by atoms with Gasteiger partial charge in [0, 0.05) is 26.6 Å². The van der Waals surface area contributed by atoms with Gasteiger partial charge in [0.15, 0.2) is 0 Å². The summed E-state index contributed by atoms with van der Waals surface area (Å²) >= 11 is 0. The Morgan fingerprint density at radius 2 is 1.85 bits per heavy atom. The van der Waals surface area contributed by atoms with E-state index in [1.165, 1.54) is 23.0 Å². The Morgan fingerprint density at radius 1 is 1.12 bits per heavy atom. The molecule has 8 nitrogen and oxygen atoms in total. The molecule has 1 amide bonds. The maximum Gasteiger partial charge on any atom is 0.249 e. The zero-order chi connectivity index (χ0) is 23.4. The zero-order valence-electron chi connectivity index (χ0n) is 18.2. The zero-order valence-corrected chi connectivity index (χ0v) is 19.0. The molecular weight excluding hydrogens is 447 g/mol. The summed E-state index contributed by atoms with van der Waals surface area (Å²) in [5.74, 6) is 0.810. The van der Waals surface area contributed by atoms with Crippen LogP contribution in [0.5, 0.6) is 11.5 Å². The van der Waals surface area contributed by atoms with Gasteiger partial charge in [0.2, 0.25) is 20.9 Å². The van der Waals surface area contributed by atoms with Crippen molar-refractivity contribution in [3.8, 4) is 11.5 Å². The van der Waals surface area contributed by atoms with Gasteiger partial charge in [-0.15, -0.1) is 10.2 Å². The molecule has 4 rings (SSSR count). The number of rotatable bonds is 7. The summed E-state index contributed by atoms with van der Waals surface area (Å²) in [7, 11) is -1.97. The van der Waals surface area contributed by atoms with E-state index in [0.29, 0.717) is 50.3 Å². The van der Waals surface area contributed by atoms with Crippen LogP contribution in [0.4, 0.5) is 4.39 Å². The van der Waals surface area contributed by atoms with Crippen molar-refractivity contribution < 1.29 is 22.3 Å². The molecule has 2 aromatic carbocycles. The van der Waals surface area contributed by atoms with Crippen LogP contribution in [0.15, 0.2) is 60.0 Å². The van der Waals surface area contributed by atoms with Gasteiger partial charge in [-0.2, -0.15) is 0 Å². The number of benzene rings is 2. The molecule has 33 heavy (non-hydrogen) atoms. The smallest absolute Gasteiger partial charge is 0.249 e. The number of carbonyl (C=O) groups is 1. The molecule has 0 N–H and O–H groups in total. The molecule has 1 fully saturated rings. The first kappa shape index (κ1) is 22.9. The summed E-state index contributed by atoms with van der Waals surface area (Å²) in [6.45, 7) is 0.794. The largest absolute Gasteiger partial charge is 0.457 e. The van der Waals surface area contributed by atoms with E-state index in [9.17, 15) is 17.6 Å². The summed E-state index contributed by atoms with van der Waals surface area (Å²) in [4.78, 5) is 14.4. The number of nitrogens with zero attached hydrogens (tertiary/aromatic N) is 4. The number of halogens is 1. The minimum Gasteiger partial charge on any atom is -0.457 e. The lowest BCUT2D eigenvalue weighted by Gasteiger charge is -2.31. The van der Waals surface area contributed by atoms with Crippen LogP contribution in [0.1, 0.15) is 24.8 Å². The number of sulfone groups is 1. The first-order valence-corrected chi connectivity index (χ1v) is 12.3. The van der Waals surface area contributed by atoms with Crippen molar-refractivity contribution >= 4 is 15.7 Å². The molecule has 0 bridgehead atoms. The second kappa shape index (κ2) is 9.70. The Morgan fingerprint density at radius 3 is 2.52 bits per heavy atom. The fourth-order valence-corrected chi connectivity index (χ4v) is 5.65. The maximum absolute atomic E-state index is 13.1. The summed E-state index contributed by atoms with van der Waals surface area (Å²) in [5.41, 5.74) is 0.947. The topological polar surface area (TPSA) is 94.4 Å².